The Kier molecular flexibility index (Phi) is 4.85. The van der Waals surface area contributed by atoms with E-state index in [4.69, 9.17) is 16.3 Å². The summed E-state index contributed by atoms with van der Waals surface area (Å²) in [6.45, 7) is 4.49. The molecule has 1 aromatic carbocycles. The van der Waals surface area contributed by atoms with Gasteiger partial charge in [-0.25, -0.2) is 4.39 Å². The summed E-state index contributed by atoms with van der Waals surface area (Å²) in [5, 5.41) is 12.9. The third-order valence-corrected chi connectivity index (χ3v) is 3.61. The minimum atomic E-state index is -0.508. The molecule has 1 fully saturated rings. The zero-order valence-corrected chi connectivity index (χ0v) is 11.6. The summed E-state index contributed by atoms with van der Waals surface area (Å²) >= 11 is 5.76. The molecular formula is C13H18ClFN2O2. The first-order valence-electron chi connectivity index (χ1n) is 6.30. The first-order valence-corrected chi connectivity index (χ1v) is 6.68. The molecule has 0 aliphatic carbocycles. The highest BCUT2D eigenvalue weighted by molar-refractivity contribution is 6.31. The Morgan fingerprint density at radius 3 is 2.79 bits per heavy atom. The maximum absolute atomic E-state index is 14.0. The summed E-state index contributed by atoms with van der Waals surface area (Å²) in [5.41, 5.74) is 0.339. The molecule has 2 rings (SSSR count). The molecule has 0 unspecified atom stereocenters. The molecule has 106 valence electrons. The van der Waals surface area contributed by atoms with E-state index in [1.165, 1.54) is 13.2 Å². The lowest BCUT2D eigenvalue weighted by Crippen LogP contribution is -2.44. The average molecular weight is 289 g/mol. The first kappa shape index (κ1) is 14.4. The van der Waals surface area contributed by atoms with E-state index in [0.717, 1.165) is 32.7 Å². The van der Waals surface area contributed by atoms with Crippen molar-refractivity contribution >= 4 is 11.6 Å². The Morgan fingerprint density at radius 1 is 1.47 bits per heavy atom. The second-order valence-electron chi connectivity index (χ2n) is 4.54. The first-order chi connectivity index (χ1) is 9.13. The van der Waals surface area contributed by atoms with Crippen LogP contribution in [0.5, 0.6) is 11.5 Å². The number of nitrogens with one attached hydrogen (secondary N) is 1. The van der Waals surface area contributed by atoms with E-state index < -0.39 is 5.82 Å². The second kappa shape index (κ2) is 6.41. The van der Waals surface area contributed by atoms with Crippen molar-refractivity contribution in [1.82, 2.24) is 10.2 Å². The molecule has 1 saturated heterocycles. The molecule has 0 radical (unpaired) electrons. The minimum Gasteiger partial charge on any atom is -0.504 e. The van der Waals surface area contributed by atoms with Crippen molar-refractivity contribution < 1.29 is 14.2 Å². The molecule has 1 aliphatic heterocycles. The topological polar surface area (TPSA) is 44.7 Å². The third kappa shape index (κ3) is 3.29. The monoisotopic (exact) mass is 288 g/mol. The smallest absolute Gasteiger partial charge is 0.166 e. The fraction of sp³-hybridized carbons (Fsp3) is 0.538. The third-order valence-electron chi connectivity index (χ3n) is 3.34. The summed E-state index contributed by atoms with van der Waals surface area (Å²) in [4.78, 5) is 2.24. The van der Waals surface area contributed by atoms with Gasteiger partial charge < -0.3 is 20.1 Å². The predicted molar refractivity (Wildman–Crippen MR) is 72.6 cm³/mol. The quantitative estimate of drug-likeness (QED) is 0.884. The van der Waals surface area contributed by atoms with Crippen molar-refractivity contribution in [3.05, 3.63) is 22.5 Å². The summed E-state index contributed by atoms with van der Waals surface area (Å²) in [6.07, 6.45) is 0.461. The molecule has 0 amide bonds. The van der Waals surface area contributed by atoms with Gasteiger partial charge in [-0.1, -0.05) is 11.6 Å². The van der Waals surface area contributed by atoms with E-state index in [1.807, 2.05) is 0 Å². The number of benzene rings is 1. The Hall–Kier alpha value is -1.04. The summed E-state index contributed by atoms with van der Waals surface area (Å²) in [6, 6.07) is 1.17. The number of piperazine rings is 1. The van der Waals surface area contributed by atoms with Crippen LogP contribution >= 0.6 is 11.6 Å². The Labute approximate surface area is 117 Å². The van der Waals surface area contributed by atoms with Crippen molar-refractivity contribution in [3.63, 3.8) is 0 Å². The molecule has 4 nitrogen and oxygen atoms in total. The Bertz CT molecular complexity index is 451. The molecule has 0 bridgehead atoms. The molecule has 0 saturated carbocycles. The maximum Gasteiger partial charge on any atom is 0.166 e. The van der Waals surface area contributed by atoms with Gasteiger partial charge in [0.2, 0.25) is 0 Å². The SMILES string of the molecule is COc1c(O)cc(Cl)c(F)c1CCN1CCNCC1. The number of halogens is 2. The molecule has 1 aliphatic rings. The van der Waals surface area contributed by atoms with E-state index in [9.17, 15) is 9.50 Å². The fourth-order valence-electron chi connectivity index (χ4n) is 2.30. The molecule has 0 aromatic heterocycles. The van der Waals surface area contributed by atoms with Crippen molar-refractivity contribution in [2.75, 3.05) is 39.8 Å². The highest BCUT2D eigenvalue weighted by Crippen LogP contribution is 2.36. The second-order valence-corrected chi connectivity index (χ2v) is 4.95. The number of methoxy groups -OCH3 is 1. The zero-order valence-electron chi connectivity index (χ0n) is 10.9. The Morgan fingerprint density at radius 2 is 2.16 bits per heavy atom. The van der Waals surface area contributed by atoms with Gasteiger partial charge in [0.05, 0.1) is 12.1 Å². The molecular weight excluding hydrogens is 271 g/mol. The highest BCUT2D eigenvalue weighted by Gasteiger charge is 2.19. The summed E-state index contributed by atoms with van der Waals surface area (Å²) in [5.74, 6) is -0.451. The van der Waals surface area contributed by atoms with E-state index in [2.05, 4.69) is 10.2 Å². The van der Waals surface area contributed by atoms with Crippen molar-refractivity contribution in [2.45, 2.75) is 6.42 Å². The predicted octanol–water partition coefficient (Wildman–Crippen LogP) is 1.64. The van der Waals surface area contributed by atoms with Crippen molar-refractivity contribution in [2.24, 2.45) is 0 Å². The van der Waals surface area contributed by atoms with Crippen molar-refractivity contribution in [3.8, 4) is 11.5 Å². The molecule has 0 atom stereocenters. The zero-order chi connectivity index (χ0) is 13.8. The maximum atomic E-state index is 14.0. The van der Waals surface area contributed by atoms with Crippen LogP contribution in [0.2, 0.25) is 5.02 Å². The van der Waals surface area contributed by atoms with Gasteiger partial charge in [0.1, 0.15) is 5.82 Å². The van der Waals surface area contributed by atoms with Crippen LogP contribution in [0.3, 0.4) is 0 Å². The van der Waals surface area contributed by atoms with Crippen LogP contribution in [0.1, 0.15) is 5.56 Å². The molecule has 6 heteroatoms. The van der Waals surface area contributed by atoms with Crippen LogP contribution in [0, 0.1) is 5.82 Å². The van der Waals surface area contributed by atoms with Crippen LogP contribution in [-0.2, 0) is 6.42 Å². The number of aromatic hydroxyl groups is 1. The van der Waals surface area contributed by atoms with E-state index in [0.29, 0.717) is 12.0 Å². The normalized spacial score (nSPS) is 16.6. The number of nitrogens with zero attached hydrogens (tertiary/aromatic N) is 1. The van der Waals surface area contributed by atoms with E-state index in [-0.39, 0.29) is 16.5 Å². The van der Waals surface area contributed by atoms with Gasteiger partial charge in [0.25, 0.3) is 0 Å². The molecule has 2 N–H and O–H groups in total. The standard InChI is InChI=1S/C13H18ClFN2O2/c1-19-13-9(12(15)10(14)8-11(13)18)2-5-17-6-3-16-4-7-17/h8,16,18H,2-7H2,1H3. The van der Waals surface area contributed by atoms with Crippen molar-refractivity contribution in [1.29, 1.82) is 0 Å². The highest BCUT2D eigenvalue weighted by atomic mass is 35.5. The lowest BCUT2D eigenvalue weighted by Gasteiger charge is -2.27. The van der Waals surface area contributed by atoms with Gasteiger partial charge in [-0.05, 0) is 6.42 Å². The molecule has 0 spiro atoms. The number of phenols is 1. The van der Waals surface area contributed by atoms with Gasteiger partial charge in [-0.15, -0.1) is 0 Å². The number of ether oxygens (including phenoxy) is 1. The number of rotatable bonds is 4. The number of phenolic OH excluding ortho intramolecular Hbond substituents is 1. The molecule has 1 heterocycles. The minimum absolute atomic E-state index is 0.0754. The van der Waals surface area contributed by atoms with Gasteiger partial charge in [0, 0.05) is 44.4 Å². The molecule has 19 heavy (non-hydrogen) atoms. The lowest BCUT2D eigenvalue weighted by molar-refractivity contribution is 0.242. The van der Waals surface area contributed by atoms with Crippen LogP contribution < -0.4 is 10.1 Å². The fourth-order valence-corrected chi connectivity index (χ4v) is 2.52. The average Bonchev–Trinajstić information content (AvgIpc) is 2.42. The number of hydrogen-bond donors (Lipinski definition) is 2. The summed E-state index contributed by atoms with van der Waals surface area (Å²) < 4.78 is 19.1. The Balaban J connectivity index is 2.13. The number of hydrogen-bond acceptors (Lipinski definition) is 4. The van der Waals surface area contributed by atoms with Gasteiger partial charge in [-0.3, -0.25) is 0 Å². The van der Waals surface area contributed by atoms with E-state index >= 15 is 0 Å². The lowest BCUT2D eigenvalue weighted by atomic mass is 10.1. The van der Waals surface area contributed by atoms with E-state index in [1.54, 1.807) is 0 Å². The van der Waals surface area contributed by atoms with Gasteiger partial charge in [-0.2, -0.15) is 0 Å². The molecule has 1 aromatic rings. The van der Waals surface area contributed by atoms with Crippen LogP contribution in [-0.4, -0.2) is 49.8 Å². The van der Waals surface area contributed by atoms with Crippen LogP contribution in [0.4, 0.5) is 4.39 Å². The van der Waals surface area contributed by atoms with Gasteiger partial charge >= 0.3 is 0 Å². The van der Waals surface area contributed by atoms with Crippen LogP contribution in [0.25, 0.3) is 0 Å². The largest absolute Gasteiger partial charge is 0.504 e. The van der Waals surface area contributed by atoms with Crippen LogP contribution in [0.15, 0.2) is 6.07 Å². The summed E-state index contributed by atoms with van der Waals surface area (Å²) in [7, 11) is 1.41. The van der Waals surface area contributed by atoms with Gasteiger partial charge in [0.15, 0.2) is 11.5 Å².